The van der Waals surface area contributed by atoms with Crippen molar-refractivity contribution in [3.05, 3.63) is 54.2 Å². The van der Waals surface area contributed by atoms with Gasteiger partial charge in [0.05, 0.1) is 16.2 Å². The van der Waals surface area contributed by atoms with Gasteiger partial charge in [-0.1, -0.05) is 25.1 Å². The summed E-state index contributed by atoms with van der Waals surface area (Å²) in [5.41, 5.74) is 0.468. The first-order valence-electron chi connectivity index (χ1n) is 6.95. The molecule has 1 aromatic carbocycles. The Kier molecular flexibility index (Phi) is 5.12. The summed E-state index contributed by atoms with van der Waals surface area (Å²) < 4.78 is 24.8. The first kappa shape index (κ1) is 16.0. The molecule has 22 heavy (non-hydrogen) atoms. The quantitative estimate of drug-likeness (QED) is 0.886. The van der Waals surface area contributed by atoms with Crippen molar-refractivity contribution in [2.24, 2.45) is 0 Å². The van der Waals surface area contributed by atoms with Gasteiger partial charge in [0.1, 0.15) is 11.9 Å². The summed E-state index contributed by atoms with van der Waals surface area (Å²) >= 11 is 0. The van der Waals surface area contributed by atoms with E-state index in [0.717, 1.165) is 0 Å². The third kappa shape index (κ3) is 4.06. The average molecular weight is 315 g/mol. The molecule has 2 rings (SSSR count). The van der Waals surface area contributed by atoms with E-state index in [0.29, 0.717) is 22.7 Å². The fourth-order valence-corrected chi connectivity index (χ4v) is 3.62. The number of hydrogen-bond acceptors (Lipinski definition) is 5. The van der Waals surface area contributed by atoms with Gasteiger partial charge in [-0.25, -0.2) is 13.4 Å². The lowest BCUT2D eigenvalue weighted by Crippen LogP contribution is -2.28. The molecular weight excluding hydrogens is 298 g/mol. The van der Waals surface area contributed by atoms with Crippen LogP contribution in [0.3, 0.4) is 0 Å². The first-order valence-corrected chi connectivity index (χ1v) is 8.61. The fraction of sp³-hybridized carbons (Fsp3) is 0.250. The Hall–Kier alpha value is -2.39. The van der Waals surface area contributed by atoms with E-state index in [9.17, 15) is 8.42 Å². The van der Waals surface area contributed by atoms with E-state index in [1.165, 1.54) is 6.20 Å². The second kappa shape index (κ2) is 7.05. The molecule has 0 amide bonds. The molecule has 6 heteroatoms. The molecule has 114 valence electrons. The van der Waals surface area contributed by atoms with Gasteiger partial charge in [0.25, 0.3) is 0 Å². The van der Waals surface area contributed by atoms with Gasteiger partial charge in [0.15, 0.2) is 9.84 Å². The van der Waals surface area contributed by atoms with E-state index in [1.54, 1.807) is 42.5 Å². The predicted molar refractivity (Wildman–Crippen MR) is 85.1 cm³/mol. The number of nitriles is 1. The van der Waals surface area contributed by atoms with Gasteiger partial charge in [0, 0.05) is 12.2 Å². The van der Waals surface area contributed by atoms with Crippen molar-refractivity contribution in [1.29, 1.82) is 5.26 Å². The van der Waals surface area contributed by atoms with Crippen LogP contribution in [0.25, 0.3) is 0 Å². The highest BCUT2D eigenvalue weighted by atomic mass is 32.2. The molecule has 5 nitrogen and oxygen atoms in total. The standard InChI is InChI=1S/C16H17N3O2S/c1-2-14(19-16-9-8-13(10-17)11-18-16)12-22(20,21)15-6-4-3-5-7-15/h3-9,11,14H,2,12H2,1H3,(H,18,19)/t14-/m1/s1. The van der Waals surface area contributed by atoms with E-state index < -0.39 is 9.84 Å². The number of nitrogens with zero attached hydrogens (tertiary/aromatic N) is 2. The Balaban J connectivity index is 2.10. The molecular formula is C16H17N3O2S. The molecule has 0 bridgehead atoms. The summed E-state index contributed by atoms with van der Waals surface area (Å²) in [6.07, 6.45) is 2.11. The van der Waals surface area contributed by atoms with Crippen LogP contribution < -0.4 is 5.32 Å². The molecule has 0 spiro atoms. The van der Waals surface area contributed by atoms with Crippen LogP contribution in [0.4, 0.5) is 5.82 Å². The topological polar surface area (TPSA) is 82.9 Å². The Morgan fingerprint density at radius 1 is 1.23 bits per heavy atom. The lowest BCUT2D eigenvalue weighted by molar-refractivity contribution is 0.588. The SMILES string of the molecule is CC[C@H](CS(=O)(=O)c1ccccc1)Nc1ccc(C#N)cn1. The third-order valence-electron chi connectivity index (χ3n) is 3.26. The molecule has 1 aromatic heterocycles. The van der Waals surface area contributed by atoms with Crippen molar-refractivity contribution in [2.45, 2.75) is 24.3 Å². The minimum atomic E-state index is -3.35. The molecule has 1 atom stereocenters. The van der Waals surface area contributed by atoms with Gasteiger partial charge in [-0.2, -0.15) is 5.26 Å². The van der Waals surface area contributed by atoms with Crippen LogP contribution in [0, 0.1) is 11.3 Å². The molecule has 0 unspecified atom stereocenters. The number of sulfone groups is 1. The molecule has 0 aliphatic heterocycles. The van der Waals surface area contributed by atoms with E-state index in [2.05, 4.69) is 10.3 Å². The number of anilines is 1. The van der Waals surface area contributed by atoms with Crippen molar-refractivity contribution in [2.75, 3.05) is 11.1 Å². The number of nitrogens with one attached hydrogen (secondary N) is 1. The maximum absolute atomic E-state index is 12.4. The zero-order valence-corrected chi connectivity index (χ0v) is 13.0. The van der Waals surface area contributed by atoms with E-state index in [-0.39, 0.29) is 11.8 Å². The lowest BCUT2D eigenvalue weighted by atomic mass is 10.2. The van der Waals surface area contributed by atoms with Crippen LogP contribution in [0.1, 0.15) is 18.9 Å². The maximum Gasteiger partial charge on any atom is 0.180 e. The summed E-state index contributed by atoms with van der Waals surface area (Å²) in [4.78, 5) is 4.43. The van der Waals surface area contributed by atoms with Crippen LogP contribution >= 0.6 is 0 Å². The molecule has 1 N–H and O–H groups in total. The van der Waals surface area contributed by atoms with Crippen LogP contribution in [0.5, 0.6) is 0 Å². The summed E-state index contributed by atoms with van der Waals surface area (Å²) in [6.45, 7) is 1.92. The van der Waals surface area contributed by atoms with Crippen LogP contribution in [0.15, 0.2) is 53.6 Å². The molecule has 0 radical (unpaired) electrons. The molecule has 0 aliphatic rings. The van der Waals surface area contributed by atoms with Gasteiger partial charge < -0.3 is 5.32 Å². The number of hydrogen-bond donors (Lipinski definition) is 1. The summed E-state index contributed by atoms with van der Waals surface area (Å²) in [7, 11) is -3.35. The zero-order chi connectivity index (χ0) is 16.0. The minimum Gasteiger partial charge on any atom is -0.366 e. The highest BCUT2D eigenvalue weighted by molar-refractivity contribution is 7.91. The fourth-order valence-electron chi connectivity index (χ4n) is 2.01. The van der Waals surface area contributed by atoms with Gasteiger partial charge in [-0.3, -0.25) is 0 Å². The number of benzene rings is 1. The maximum atomic E-state index is 12.4. The second-order valence-corrected chi connectivity index (χ2v) is 6.92. The Morgan fingerprint density at radius 3 is 2.50 bits per heavy atom. The van der Waals surface area contributed by atoms with Gasteiger partial charge in [0.2, 0.25) is 0 Å². The summed E-state index contributed by atoms with van der Waals surface area (Å²) in [6, 6.07) is 13.5. The van der Waals surface area contributed by atoms with Gasteiger partial charge in [-0.05, 0) is 30.7 Å². The summed E-state index contributed by atoms with van der Waals surface area (Å²) in [5, 5.41) is 11.9. The van der Waals surface area contributed by atoms with Crippen LogP contribution in [0.2, 0.25) is 0 Å². The highest BCUT2D eigenvalue weighted by Crippen LogP contribution is 2.15. The Morgan fingerprint density at radius 2 is 1.95 bits per heavy atom. The van der Waals surface area contributed by atoms with E-state index >= 15 is 0 Å². The Bertz CT molecular complexity index is 750. The monoisotopic (exact) mass is 315 g/mol. The number of aromatic nitrogens is 1. The molecule has 2 aromatic rings. The van der Waals surface area contributed by atoms with Gasteiger partial charge in [-0.15, -0.1) is 0 Å². The smallest absolute Gasteiger partial charge is 0.180 e. The van der Waals surface area contributed by atoms with Crippen molar-refractivity contribution in [3.8, 4) is 6.07 Å². The zero-order valence-electron chi connectivity index (χ0n) is 12.2. The largest absolute Gasteiger partial charge is 0.366 e. The minimum absolute atomic E-state index is 0.00477. The molecule has 1 heterocycles. The third-order valence-corrected chi connectivity index (χ3v) is 5.09. The second-order valence-electron chi connectivity index (χ2n) is 4.89. The number of rotatable bonds is 6. The molecule has 0 saturated heterocycles. The van der Waals surface area contributed by atoms with Gasteiger partial charge >= 0.3 is 0 Å². The molecule has 0 saturated carbocycles. The van der Waals surface area contributed by atoms with E-state index in [1.807, 2.05) is 13.0 Å². The summed E-state index contributed by atoms with van der Waals surface area (Å²) in [5.74, 6) is 0.559. The highest BCUT2D eigenvalue weighted by Gasteiger charge is 2.20. The average Bonchev–Trinajstić information content (AvgIpc) is 2.55. The van der Waals surface area contributed by atoms with Crippen molar-refractivity contribution in [1.82, 2.24) is 4.98 Å². The van der Waals surface area contributed by atoms with E-state index in [4.69, 9.17) is 5.26 Å². The lowest BCUT2D eigenvalue weighted by Gasteiger charge is -2.17. The van der Waals surface area contributed by atoms with Crippen LogP contribution in [-0.4, -0.2) is 25.2 Å². The van der Waals surface area contributed by atoms with Crippen molar-refractivity contribution >= 4 is 15.7 Å². The normalized spacial score (nSPS) is 12.4. The Labute approximate surface area is 130 Å². The van der Waals surface area contributed by atoms with Crippen molar-refractivity contribution < 1.29 is 8.42 Å². The number of pyridine rings is 1. The van der Waals surface area contributed by atoms with Crippen LogP contribution in [-0.2, 0) is 9.84 Å². The first-order chi connectivity index (χ1) is 10.5. The predicted octanol–water partition coefficient (Wildman–Crippen LogP) is 2.62. The molecule has 0 fully saturated rings. The molecule has 0 aliphatic carbocycles. The van der Waals surface area contributed by atoms with Crippen molar-refractivity contribution in [3.63, 3.8) is 0 Å².